The number of aryl methyl sites for hydroxylation is 1. The summed E-state index contributed by atoms with van der Waals surface area (Å²) in [5, 5.41) is 3.50. The van der Waals surface area contributed by atoms with E-state index in [2.05, 4.69) is 68.9 Å². The first kappa shape index (κ1) is 13.3. The highest BCUT2D eigenvalue weighted by atomic mass is 79.9. The molecule has 1 atom stereocenters. The quantitative estimate of drug-likeness (QED) is 0.918. The summed E-state index contributed by atoms with van der Waals surface area (Å²) >= 11 is 3.47. The molecular formula is C14H18BrN3. The average Bonchev–Trinajstić information content (AvgIpc) is 2.85. The van der Waals surface area contributed by atoms with Crippen molar-refractivity contribution in [3.8, 4) is 0 Å². The Bertz CT molecular complexity index is 490. The zero-order valence-corrected chi connectivity index (χ0v) is 12.3. The summed E-state index contributed by atoms with van der Waals surface area (Å²) < 4.78 is 3.27. The molecule has 0 aliphatic carbocycles. The summed E-state index contributed by atoms with van der Waals surface area (Å²) in [6.07, 6.45) is 3.89. The number of rotatable bonds is 5. The van der Waals surface area contributed by atoms with Crippen LogP contribution in [0.3, 0.4) is 0 Å². The fraction of sp³-hybridized carbons (Fsp3) is 0.357. The molecule has 0 saturated carbocycles. The topological polar surface area (TPSA) is 29.9 Å². The Balaban J connectivity index is 2.36. The smallest absolute Gasteiger partial charge is 0.130 e. The minimum Gasteiger partial charge on any atom is -0.334 e. The Morgan fingerprint density at radius 3 is 2.61 bits per heavy atom. The summed E-state index contributed by atoms with van der Waals surface area (Å²) in [5.41, 5.74) is 1.24. The van der Waals surface area contributed by atoms with Crippen LogP contribution < -0.4 is 5.32 Å². The van der Waals surface area contributed by atoms with Crippen LogP contribution in [0.15, 0.2) is 41.1 Å². The molecule has 0 radical (unpaired) electrons. The third kappa shape index (κ3) is 2.82. The van der Waals surface area contributed by atoms with E-state index >= 15 is 0 Å². The van der Waals surface area contributed by atoms with E-state index in [4.69, 9.17) is 0 Å². The molecule has 1 N–H and O–H groups in total. The van der Waals surface area contributed by atoms with E-state index in [1.807, 2.05) is 12.4 Å². The Hall–Kier alpha value is -1.13. The molecule has 1 unspecified atom stereocenters. The molecule has 0 aliphatic rings. The van der Waals surface area contributed by atoms with Gasteiger partial charge in [-0.2, -0.15) is 0 Å². The lowest BCUT2D eigenvalue weighted by Crippen LogP contribution is -2.25. The number of imidazole rings is 1. The summed E-state index contributed by atoms with van der Waals surface area (Å²) in [6, 6.07) is 8.55. The van der Waals surface area contributed by atoms with Crippen molar-refractivity contribution in [3.63, 3.8) is 0 Å². The van der Waals surface area contributed by atoms with Crippen LogP contribution in [0, 0.1) is 0 Å². The van der Waals surface area contributed by atoms with Crippen molar-refractivity contribution in [2.75, 3.05) is 6.54 Å². The van der Waals surface area contributed by atoms with Crippen LogP contribution in [0.2, 0.25) is 0 Å². The largest absolute Gasteiger partial charge is 0.334 e. The number of nitrogens with zero attached hydrogens (tertiary/aromatic N) is 2. The van der Waals surface area contributed by atoms with Gasteiger partial charge in [0.2, 0.25) is 0 Å². The van der Waals surface area contributed by atoms with Gasteiger partial charge in [-0.25, -0.2) is 4.98 Å². The van der Waals surface area contributed by atoms with Crippen LogP contribution in [-0.4, -0.2) is 16.1 Å². The fourth-order valence-electron chi connectivity index (χ4n) is 2.07. The molecule has 0 saturated heterocycles. The lowest BCUT2D eigenvalue weighted by atomic mass is 10.1. The first-order valence-electron chi connectivity index (χ1n) is 6.26. The number of halogens is 1. The summed E-state index contributed by atoms with van der Waals surface area (Å²) in [6.45, 7) is 6.10. The van der Waals surface area contributed by atoms with Gasteiger partial charge in [0.25, 0.3) is 0 Å². The summed E-state index contributed by atoms with van der Waals surface area (Å²) in [5.74, 6) is 1.07. The number of hydrogen-bond donors (Lipinski definition) is 1. The van der Waals surface area contributed by atoms with E-state index < -0.39 is 0 Å². The molecule has 96 valence electrons. The van der Waals surface area contributed by atoms with Gasteiger partial charge in [-0.15, -0.1) is 0 Å². The Kier molecular flexibility index (Phi) is 4.55. The van der Waals surface area contributed by atoms with Crippen molar-refractivity contribution in [1.82, 2.24) is 14.9 Å². The molecule has 0 fully saturated rings. The second-order valence-electron chi connectivity index (χ2n) is 4.11. The Morgan fingerprint density at radius 1 is 1.28 bits per heavy atom. The van der Waals surface area contributed by atoms with Crippen LogP contribution in [0.4, 0.5) is 0 Å². The van der Waals surface area contributed by atoms with Gasteiger partial charge in [-0.1, -0.05) is 35.0 Å². The maximum Gasteiger partial charge on any atom is 0.130 e. The van der Waals surface area contributed by atoms with Crippen LogP contribution in [0.1, 0.15) is 31.3 Å². The fourth-order valence-corrected chi connectivity index (χ4v) is 2.33. The summed E-state index contributed by atoms with van der Waals surface area (Å²) in [7, 11) is 0. The Labute approximate surface area is 116 Å². The molecule has 1 aromatic heterocycles. The molecule has 0 amide bonds. The van der Waals surface area contributed by atoms with Gasteiger partial charge in [0.05, 0.1) is 6.04 Å². The van der Waals surface area contributed by atoms with Crippen molar-refractivity contribution in [2.24, 2.45) is 0 Å². The SMILES string of the molecule is CCNC(c1ccc(Br)cc1)c1nccn1CC. The van der Waals surface area contributed by atoms with Gasteiger partial charge in [-0.3, -0.25) is 0 Å². The average molecular weight is 308 g/mol. The molecule has 1 aromatic carbocycles. The van der Waals surface area contributed by atoms with Crippen LogP contribution in [-0.2, 0) is 6.54 Å². The normalized spacial score (nSPS) is 12.6. The van der Waals surface area contributed by atoms with Crippen molar-refractivity contribution in [2.45, 2.75) is 26.4 Å². The predicted octanol–water partition coefficient (Wildman–Crippen LogP) is 3.36. The van der Waals surface area contributed by atoms with Crippen molar-refractivity contribution in [3.05, 3.63) is 52.5 Å². The highest BCUT2D eigenvalue weighted by Gasteiger charge is 2.17. The van der Waals surface area contributed by atoms with Crippen molar-refractivity contribution >= 4 is 15.9 Å². The minimum absolute atomic E-state index is 0.151. The van der Waals surface area contributed by atoms with E-state index in [9.17, 15) is 0 Å². The molecule has 3 nitrogen and oxygen atoms in total. The zero-order valence-electron chi connectivity index (χ0n) is 10.7. The van der Waals surface area contributed by atoms with E-state index in [-0.39, 0.29) is 6.04 Å². The van der Waals surface area contributed by atoms with Gasteiger partial charge in [0.15, 0.2) is 0 Å². The van der Waals surface area contributed by atoms with Gasteiger partial charge in [0.1, 0.15) is 5.82 Å². The van der Waals surface area contributed by atoms with Crippen molar-refractivity contribution in [1.29, 1.82) is 0 Å². The number of nitrogens with one attached hydrogen (secondary N) is 1. The van der Waals surface area contributed by atoms with Crippen LogP contribution >= 0.6 is 15.9 Å². The van der Waals surface area contributed by atoms with E-state index in [0.717, 1.165) is 23.4 Å². The standard InChI is InChI=1S/C14H18BrN3/c1-3-16-13(11-5-7-12(15)8-6-11)14-17-9-10-18(14)4-2/h5-10,13,16H,3-4H2,1-2H3. The van der Waals surface area contributed by atoms with Gasteiger partial charge < -0.3 is 9.88 Å². The molecule has 4 heteroatoms. The second kappa shape index (κ2) is 6.16. The zero-order chi connectivity index (χ0) is 13.0. The lowest BCUT2D eigenvalue weighted by molar-refractivity contribution is 0.559. The molecule has 0 spiro atoms. The number of benzene rings is 1. The lowest BCUT2D eigenvalue weighted by Gasteiger charge is -2.19. The highest BCUT2D eigenvalue weighted by molar-refractivity contribution is 9.10. The van der Waals surface area contributed by atoms with Gasteiger partial charge >= 0.3 is 0 Å². The first-order chi connectivity index (χ1) is 8.76. The van der Waals surface area contributed by atoms with Crippen LogP contribution in [0.25, 0.3) is 0 Å². The van der Waals surface area contributed by atoms with Gasteiger partial charge in [-0.05, 0) is 31.2 Å². The van der Waals surface area contributed by atoms with Gasteiger partial charge in [0, 0.05) is 23.4 Å². The summed E-state index contributed by atoms with van der Waals surface area (Å²) in [4.78, 5) is 4.49. The van der Waals surface area contributed by atoms with Crippen LogP contribution in [0.5, 0.6) is 0 Å². The van der Waals surface area contributed by atoms with Crippen molar-refractivity contribution < 1.29 is 0 Å². The minimum atomic E-state index is 0.151. The third-order valence-corrected chi connectivity index (χ3v) is 3.49. The highest BCUT2D eigenvalue weighted by Crippen LogP contribution is 2.22. The number of hydrogen-bond acceptors (Lipinski definition) is 2. The first-order valence-corrected chi connectivity index (χ1v) is 7.05. The monoisotopic (exact) mass is 307 g/mol. The maximum atomic E-state index is 4.49. The molecule has 0 bridgehead atoms. The Morgan fingerprint density at radius 2 is 2.00 bits per heavy atom. The second-order valence-corrected chi connectivity index (χ2v) is 5.03. The molecule has 0 aliphatic heterocycles. The molecule has 2 rings (SSSR count). The number of aromatic nitrogens is 2. The molecule has 2 aromatic rings. The van der Waals surface area contributed by atoms with E-state index in [1.54, 1.807) is 0 Å². The molecule has 1 heterocycles. The predicted molar refractivity (Wildman–Crippen MR) is 77.6 cm³/mol. The maximum absolute atomic E-state index is 4.49. The van der Waals surface area contributed by atoms with E-state index in [0.29, 0.717) is 0 Å². The third-order valence-electron chi connectivity index (χ3n) is 2.96. The molecule has 18 heavy (non-hydrogen) atoms. The van der Waals surface area contributed by atoms with E-state index in [1.165, 1.54) is 5.56 Å². The molecular weight excluding hydrogens is 290 g/mol.